The molecular weight excluding hydrogens is 532 g/mol. The predicted octanol–water partition coefficient (Wildman–Crippen LogP) is 5.18. The van der Waals surface area contributed by atoms with Gasteiger partial charge in [-0.15, -0.1) is 0 Å². The molecule has 0 saturated heterocycles. The van der Waals surface area contributed by atoms with E-state index in [1.807, 2.05) is 0 Å². The Kier molecular flexibility index (Phi) is 7.12. The van der Waals surface area contributed by atoms with E-state index in [0.717, 1.165) is 31.8 Å². The lowest BCUT2D eigenvalue weighted by molar-refractivity contribution is -0.143. The molecule has 2 unspecified atom stereocenters. The summed E-state index contributed by atoms with van der Waals surface area (Å²) in [6, 6.07) is 2.68. The lowest BCUT2D eigenvalue weighted by Gasteiger charge is -2.32. The lowest BCUT2D eigenvalue weighted by Crippen LogP contribution is -2.26. The summed E-state index contributed by atoms with van der Waals surface area (Å²) in [4.78, 5) is 39.6. The molecule has 10 heteroatoms. The molecule has 10 nitrogen and oxygen atoms in total. The van der Waals surface area contributed by atoms with Crippen molar-refractivity contribution in [2.45, 2.75) is 64.6 Å². The summed E-state index contributed by atoms with van der Waals surface area (Å²) < 4.78 is 10.7. The third-order valence-corrected chi connectivity index (χ3v) is 7.77. The van der Waals surface area contributed by atoms with Gasteiger partial charge in [0.05, 0.1) is 11.1 Å². The van der Waals surface area contributed by atoms with Crippen LogP contribution in [0.2, 0.25) is 0 Å². The quantitative estimate of drug-likeness (QED) is 0.137. The highest BCUT2D eigenvalue weighted by atomic mass is 16.6. The number of ether oxygens (including phenoxy) is 2. The molecule has 2 aliphatic heterocycles. The fourth-order valence-electron chi connectivity index (χ4n) is 5.70. The monoisotopic (exact) mass is 562 g/mol. The van der Waals surface area contributed by atoms with Crippen molar-refractivity contribution in [3.05, 3.63) is 69.5 Å². The number of hydrogen-bond donors (Lipinski definition) is 5. The maximum absolute atomic E-state index is 13.6. The fraction of sp³-hybridized carbons (Fsp3) is 0.323. The lowest BCUT2D eigenvalue weighted by atomic mass is 9.78. The SMILES string of the molecule is C=C1OC(=O)c2c(cc3c(c2O)C(O)=CC(=O)/C3=C2/C(=O)OC(CCCCCCC)c3c2cc(C)c(O)c3O)C1O. The summed E-state index contributed by atoms with van der Waals surface area (Å²) in [5, 5.41) is 53.9. The highest BCUT2D eigenvalue weighted by Gasteiger charge is 2.42. The summed E-state index contributed by atoms with van der Waals surface area (Å²) in [5.41, 5.74) is -1.05. The van der Waals surface area contributed by atoms with E-state index in [4.69, 9.17) is 9.47 Å². The second-order valence-electron chi connectivity index (χ2n) is 10.5. The molecule has 0 saturated carbocycles. The zero-order chi connectivity index (χ0) is 29.7. The smallest absolute Gasteiger partial charge is 0.347 e. The first kappa shape index (κ1) is 28.0. The van der Waals surface area contributed by atoms with Gasteiger partial charge in [0.25, 0.3) is 0 Å². The Morgan fingerprint density at radius 3 is 2.27 bits per heavy atom. The summed E-state index contributed by atoms with van der Waals surface area (Å²) in [7, 11) is 0. The van der Waals surface area contributed by atoms with Crippen LogP contribution in [0.25, 0.3) is 16.9 Å². The number of ketones is 1. The van der Waals surface area contributed by atoms with Crippen LogP contribution in [-0.4, -0.2) is 43.3 Å². The van der Waals surface area contributed by atoms with E-state index in [1.165, 1.54) is 19.1 Å². The minimum absolute atomic E-state index is 0.137. The Hall–Kier alpha value is -4.57. The van der Waals surface area contributed by atoms with Crippen LogP contribution < -0.4 is 0 Å². The van der Waals surface area contributed by atoms with Crippen molar-refractivity contribution in [1.29, 1.82) is 0 Å². The zero-order valence-corrected chi connectivity index (χ0v) is 22.6. The molecule has 1 aliphatic carbocycles. The van der Waals surface area contributed by atoms with Gasteiger partial charge in [-0.1, -0.05) is 39.2 Å². The van der Waals surface area contributed by atoms with Crippen LogP contribution in [0.4, 0.5) is 0 Å². The molecule has 2 aromatic carbocycles. The number of fused-ring (bicyclic) bond motifs is 3. The maximum atomic E-state index is 13.6. The molecule has 5 rings (SSSR count). The molecule has 0 aromatic heterocycles. The average Bonchev–Trinajstić information content (AvgIpc) is 2.91. The number of carbonyl (C=O) groups excluding carboxylic acids is 3. The maximum Gasteiger partial charge on any atom is 0.347 e. The number of esters is 2. The third-order valence-electron chi connectivity index (χ3n) is 7.77. The number of phenolic OH excluding ortho intramolecular Hbond substituents is 3. The van der Waals surface area contributed by atoms with E-state index in [9.17, 15) is 39.9 Å². The molecule has 0 radical (unpaired) electrons. The van der Waals surface area contributed by atoms with Crippen molar-refractivity contribution >= 4 is 34.6 Å². The van der Waals surface area contributed by atoms with Crippen molar-refractivity contribution in [3.8, 4) is 17.2 Å². The number of aryl methyl sites for hydroxylation is 1. The summed E-state index contributed by atoms with van der Waals surface area (Å²) in [6.07, 6.45) is 3.38. The van der Waals surface area contributed by atoms with Gasteiger partial charge in [-0.3, -0.25) is 4.79 Å². The first-order chi connectivity index (χ1) is 19.5. The molecule has 0 spiro atoms. The third kappa shape index (κ3) is 4.44. The van der Waals surface area contributed by atoms with Gasteiger partial charge in [0.1, 0.15) is 35.0 Å². The topological polar surface area (TPSA) is 171 Å². The number of phenols is 3. The van der Waals surface area contributed by atoms with E-state index in [2.05, 4.69) is 13.5 Å². The van der Waals surface area contributed by atoms with Crippen molar-refractivity contribution in [3.63, 3.8) is 0 Å². The Morgan fingerprint density at radius 1 is 0.854 bits per heavy atom. The Labute approximate surface area is 235 Å². The van der Waals surface area contributed by atoms with Gasteiger partial charge in [-0.25, -0.2) is 9.59 Å². The Morgan fingerprint density at radius 2 is 1.56 bits per heavy atom. The number of allylic oxidation sites excluding steroid dienone is 2. The molecule has 214 valence electrons. The molecule has 41 heavy (non-hydrogen) atoms. The highest BCUT2D eigenvalue weighted by Crippen LogP contribution is 2.51. The zero-order valence-electron chi connectivity index (χ0n) is 22.6. The largest absolute Gasteiger partial charge is 0.507 e. The number of aromatic hydroxyl groups is 3. The Balaban J connectivity index is 1.76. The minimum Gasteiger partial charge on any atom is -0.507 e. The fourth-order valence-corrected chi connectivity index (χ4v) is 5.70. The normalized spacial score (nSPS) is 21.5. The van der Waals surface area contributed by atoms with Gasteiger partial charge in [-0.2, -0.15) is 0 Å². The second kappa shape index (κ2) is 10.4. The van der Waals surface area contributed by atoms with Crippen molar-refractivity contribution < 1.29 is 49.4 Å². The molecule has 0 amide bonds. The van der Waals surface area contributed by atoms with Crippen LogP contribution in [0, 0.1) is 6.92 Å². The predicted molar refractivity (Wildman–Crippen MR) is 147 cm³/mol. The standard InChI is InChI=1S/C31H30O10/c1-4-5-6-7-8-9-20-23-15(10-13(2)26(34)29(23)37)24(30(38)41-20)21-16-11-17-25(31(39)40-14(3)27(17)35)28(36)22(16)19(33)12-18(21)32/h10-12,20,27,33-37H,3-9H2,1-2H3/b24-21+. The van der Waals surface area contributed by atoms with Crippen LogP contribution in [0.3, 0.4) is 0 Å². The van der Waals surface area contributed by atoms with Crippen LogP contribution in [0.5, 0.6) is 17.2 Å². The number of aliphatic hydroxyl groups excluding tert-OH is 2. The number of rotatable bonds is 6. The van der Waals surface area contributed by atoms with Crippen LogP contribution in [0.15, 0.2) is 30.5 Å². The summed E-state index contributed by atoms with van der Waals surface area (Å²) >= 11 is 0. The Bertz CT molecular complexity index is 1590. The molecule has 2 atom stereocenters. The van der Waals surface area contributed by atoms with Gasteiger partial charge in [0, 0.05) is 33.9 Å². The second-order valence-corrected chi connectivity index (χ2v) is 10.5. The molecule has 0 fully saturated rings. The first-order valence-corrected chi connectivity index (χ1v) is 13.4. The van der Waals surface area contributed by atoms with Crippen molar-refractivity contribution in [2.75, 3.05) is 0 Å². The number of cyclic esters (lactones) is 2. The van der Waals surface area contributed by atoms with E-state index >= 15 is 0 Å². The first-order valence-electron chi connectivity index (χ1n) is 13.4. The van der Waals surface area contributed by atoms with Crippen LogP contribution in [0.1, 0.15) is 101 Å². The molecular formula is C31H30O10. The minimum atomic E-state index is -1.56. The summed E-state index contributed by atoms with van der Waals surface area (Å²) in [5.74, 6) is -5.31. The van der Waals surface area contributed by atoms with Crippen molar-refractivity contribution in [2.24, 2.45) is 0 Å². The number of benzene rings is 2. The molecule has 3 aliphatic rings. The number of unbranched alkanes of at least 4 members (excludes halogenated alkanes) is 4. The van der Waals surface area contributed by atoms with Crippen molar-refractivity contribution in [1.82, 2.24) is 0 Å². The van der Waals surface area contributed by atoms with Crippen LogP contribution >= 0.6 is 0 Å². The molecule has 2 heterocycles. The summed E-state index contributed by atoms with van der Waals surface area (Å²) in [6.45, 7) is 7.12. The number of hydrogen-bond acceptors (Lipinski definition) is 10. The molecule has 2 aromatic rings. The highest BCUT2D eigenvalue weighted by molar-refractivity contribution is 6.44. The molecule has 5 N–H and O–H groups in total. The van der Waals surface area contributed by atoms with E-state index in [-0.39, 0.29) is 56.0 Å². The van der Waals surface area contributed by atoms with Gasteiger partial charge in [0.15, 0.2) is 17.3 Å². The van der Waals surface area contributed by atoms with E-state index in [1.54, 1.807) is 0 Å². The van der Waals surface area contributed by atoms with Gasteiger partial charge in [0.2, 0.25) is 0 Å². The van der Waals surface area contributed by atoms with Gasteiger partial charge < -0.3 is 35.0 Å². The number of aliphatic hydroxyl groups is 2. The van der Waals surface area contributed by atoms with E-state index in [0.29, 0.717) is 12.8 Å². The average molecular weight is 563 g/mol. The number of carbonyl (C=O) groups is 3. The van der Waals surface area contributed by atoms with Gasteiger partial charge >= 0.3 is 11.9 Å². The van der Waals surface area contributed by atoms with Gasteiger partial charge in [-0.05, 0) is 37.5 Å². The molecule has 0 bridgehead atoms. The van der Waals surface area contributed by atoms with E-state index < -0.39 is 52.8 Å². The van der Waals surface area contributed by atoms with Crippen LogP contribution in [-0.2, 0) is 19.1 Å².